The number of rotatable bonds is 3. The molecule has 2 heterocycles. The summed E-state index contributed by atoms with van der Waals surface area (Å²) in [5.41, 5.74) is 4.70. The van der Waals surface area contributed by atoms with Gasteiger partial charge in [-0.05, 0) is 25.3 Å². The molecule has 1 aromatic rings. The third kappa shape index (κ3) is 1.86. The molecule has 4 atom stereocenters. The van der Waals surface area contributed by atoms with Gasteiger partial charge in [0.2, 0.25) is 0 Å². The van der Waals surface area contributed by atoms with Gasteiger partial charge in [-0.25, -0.2) is 13.2 Å². The highest BCUT2D eigenvalue weighted by atomic mass is 19.2. The summed E-state index contributed by atoms with van der Waals surface area (Å²) in [4.78, 5) is 0. The summed E-state index contributed by atoms with van der Waals surface area (Å²) in [6.45, 7) is 0.105. The molecule has 0 spiro atoms. The van der Waals surface area contributed by atoms with Gasteiger partial charge in [-0.2, -0.15) is 0 Å². The lowest BCUT2D eigenvalue weighted by molar-refractivity contribution is -0.0282. The Labute approximate surface area is 114 Å². The van der Waals surface area contributed by atoms with Crippen molar-refractivity contribution in [1.82, 2.24) is 0 Å². The van der Waals surface area contributed by atoms with E-state index in [1.807, 2.05) is 0 Å². The van der Waals surface area contributed by atoms with Gasteiger partial charge in [-0.3, -0.25) is 0 Å². The maximum Gasteiger partial charge on any atom is 0.161 e. The number of halogens is 3. The second kappa shape index (κ2) is 4.72. The average molecular weight is 287 g/mol. The monoisotopic (exact) mass is 287 g/mol. The van der Waals surface area contributed by atoms with Crippen molar-refractivity contribution >= 4 is 0 Å². The van der Waals surface area contributed by atoms with E-state index in [4.69, 9.17) is 10.5 Å². The highest BCUT2D eigenvalue weighted by Crippen LogP contribution is 2.53. The van der Waals surface area contributed by atoms with Crippen LogP contribution in [0.2, 0.25) is 0 Å². The second-order valence-electron chi connectivity index (χ2n) is 5.66. The van der Waals surface area contributed by atoms with E-state index in [-0.39, 0.29) is 24.3 Å². The number of nitrogens with two attached hydrogens (primary N) is 1. The van der Waals surface area contributed by atoms with Crippen LogP contribution in [0.25, 0.3) is 0 Å². The molecule has 1 aromatic carbocycles. The van der Waals surface area contributed by atoms with E-state index in [2.05, 4.69) is 0 Å². The zero-order valence-electron chi connectivity index (χ0n) is 10.8. The van der Waals surface area contributed by atoms with Crippen molar-refractivity contribution < 1.29 is 23.0 Å². The van der Waals surface area contributed by atoms with Crippen molar-refractivity contribution in [2.24, 2.45) is 11.1 Å². The number of benzene rings is 1. The molecule has 2 bridgehead atoms. The molecule has 2 aliphatic heterocycles. The molecule has 2 fully saturated rings. The van der Waals surface area contributed by atoms with Gasteiger partial charge < -0.3 is 15.6 Å². The van der Waals surface area contributed by atoms with E-state index < -0.39 is 29.0 Å². The van der Waals surface area contributed by atoms with Gasteiger partial charge in [0.15, 0.2) is 11.6 Å². The molecule has 0 aromatic heterocycles. The van der Waals surface area contributed by atoms with Gasteiger partial charge in [0.25, 0.3) is 0 Å². The van der Waals surface area contributed by atoms with Gasteiger partial charge >= 0.3 is 0 Å². The smallest absolute Gasteiger partial charge is 0.161 e. The Bertz CT molecular complexity index is 539. The van der Waals surface area contributed by atoms with Crippen LogP contribution in [0.4, 0.5) is 13.2 Å². The molecule has 0 saturated carbocycles. The Hall–Kier alpha value is -1.11. The topological polar surface area (TPSA) is 55.5 Å². The summed E-state index contributed by atoms with van der Waals surface area (Å²) >= 11 is 0. The van der Waals surface area contributed by atoms with Crippen LogP contribution in [0.1, 0.15) is 30.9 Å². The second-order valence-corrected chi connectivity index (χ2v) is 5.66. The Kier molecular flexibility index (Phi) is 3.27. The quantitative estimate of drug-likeness (QED) is 0.836. The van der Waals surface area contributed by atoms with Crippen molar-refractivity contribution in [2.45, 2.75) is 37.6 Å². The molecule has 3 nitrogen and oxygen atoms in total. The van der Waals surface area contributed by atoms with E-state index in [0.29, 0.717) is 18.6 Å². The minimum atomic E-state index is -1.31. The first-order valence-corrected chi connectivity index (χ1v) is 6.66. The van der Waals surface area contributed by atoms with Crippen LogP contribution in [-0.4, -0.2) is 23.9 Å². The Morgan fingerprint density at radius 3 is 2.50 bits per heavy atom. The maximum absolute atomic E-state index is 13.8. The molecule has 0 amide bonds. The Balaban J connectivity index is 1.99. The lowest BCUT2D eigenvalue weighted by atomic mass is 9.68. The number of hydrogen-bond acceptors (Lipinski definition) is 3. The third-order valence-corrected chi connectivity index (χ3v) is 4.62. The molecular formula is C14H16F3NO2. The number of hydrogen-bond donors (Lipinski definition) is 2. The molecule has 2 saturated heterocycles. The molecule has 0 aliphatic carbocycles. The van der Waals surface area contributed by atoms with E-state index in [9.17, 15) is 18.3 Å². The fraction of sp³-hybridized carbons (Fsp3) is 0.571. The zero-order valence-corrected chi connectivity index (χ0v) is 10.8. The van der Waals surface area contributed by atoms with Crippen LogP contribution < -0.4 is 5.73 Å². The van der Waals surface area contributed by atoms with Crippen LogP contribution >= 0.6 is 0 Å². The summed E-state index contributed by atoms with van der Waals surface area (Å²) in [6, 6.07) is 1.16. The molecular weight excluding hydrogens is 271 g/mol. The van der Waals surface area contributed by atoms with Crippen molar-refractivity contribution in [3.05, 3.63) is 35.1 Å². The SMILES string of the molecule is NCC1(C(O)c2cc(F)c(F)cc2F)CC2CCC1O2. The molecule has 2 aliphatic rings. The van der Waals surface area contributed by atoms with Gasteiger partial charge in [0.05, 0.1) is 18.3 Å². The summed E-state index contributed by atoms with van der Waals surface area (Å²) < 4.78 is 45.8. The summed E-state index contributed by atoms with van der Waals surface area (Å²) in [5.74, 6) is -3.42. The third-order valence-electron chi connectivity index (χ3n) is 4.62. The Morgan fingerprint density at radius 2 is 1.95 bits per heavy atom. The molecule has 0 radical (unpaired) electrons. The zero-order chi connectivity index (χ0) is 14.5. The summed E-state index contributed by atoms with van der Waals surface area (Å²) in [7, 11) is 0. The molecule has 20 heavy (non-hydrogen) atoms. The van der Waals surface area contributed by atoms with Crippen LogP contribution in [-0.2, 0) is 4.74 Å². The van der Waals surface area contributed by atoms with Crippen molar-refractivity contribution in [3.8, 4) is 0 Å². The predicted molar refractivity (Wildman–Crippen MR) is 65.3 cm³/mol. The largest absolute Gasteiger partial charge is 0.388 e. The van der Waals surface area contributed by atoms with Gasteiger partial charge in [0, 0.05) is 23.6 Å². The standard InChI is InChI=1S/C14H16F3NO2/c15-9-4-11(17)10(16)3-8(9)13(19)14(6-18)5-7-1-2-12(14)20-7/h3-4,7,12-13,19H,1-2,5-6,18H2. The highest BCUT2D eigenvalue weighted by Gasteiger charge is 2.56. The fourth-order valence-electron chi connectivity index (χ4n) is 3.51. The Morgan fingerprint density at radius 1 is 1.25 bits per heavy atom. The van der Waals surface area contributed by atoms with Crippen molar-refractivity contribution in [1.29, 1.82) is 0 Å². The first-order chi connectivity index (χ1) is 9.48. The van der Waals surface area contributed by atoms with E-state index in [0.717, 1.165) is 12.8 Å². The van der Waals surface area contributed by atoms with Crippen LogP contribution in [0.3, 0.4) is 0 Å². The van der Waals surface area contributed by atoms with Crippen molar-refractivity contribution in [3.63, 3.8) is 0 Å². The van der Waals surface area contributed by atoms with E-state index in [1.165, 1.54) is 0 Å². The molecule has 110 valence electrons. The number of ether oxygens (including phenoxy) is 1. The number of aliphatic hydroxyl groups is 1. The minimum Gasteiger partial charge on any atom is -0.388 e. The first-order valence-electron chi connectivity index (χ1n) is 6.66. The van der Waals surface area contributed by atoms with Gasteiger partial charge in [-0.15, -0.1) is 0 Å². The van der Waals surface area contributed by atoms with Gasteiger partial charge in [-0.1, -0.05) is 0 Å². The molecule has 6 heteroatoms. The van der Waals surface area contributed by atoms with Crippen LogP contribution in [0.5, 0.6) is 0 Å². The minimum absolute atomic E-state index is 0.00607. The number of aliphatic hydroxyl groups excluding tert-OH is 1. The predicted octanol–water partition coefficient (Wildman–Crippen LogP) is 2.03. The number of fused-ring (bicyclic) bond motifs is 2. The highest BCUT2D eigenvalue weighted by molar-refractivity contribution is 5.26. The summed E-state index contributed by atoms with van der Waals surface area (Å²) in [5, 5.41) is 10.5. The van der Waals surface area contributed by atoms with E-state index >= 15 is 0 Å². The van der Waals surface area contributed by atoms with Crippen molar-refractivity contribution in [2.75, 3.05) is 6.54 Å². The summed E-state index contributed by atoms with van der Waals surface area (Å²) in [6.07, 6.45) is 0.571. The normalized spacial score (nSPS) is 33.6. The molecule has 3 N–H and O–H groups in total. The molecule has 3 rings (SSSR count). The maximum atomic E-state index is 13.8. The lowest BCUT2D eigenvalue weighted by Gasteiger charge is -2.38. The fourth-order valence-corrected chi connectivity index (χ4v) is 3.51. The average Bonchev–Trinajstić information content (AvgIpc) is 3.03. The molecule has 4 unspecified atom stereocenters. The first kappa shape index (κ1) is 13.9. The lowest BCUT2D eigenvalue weighted by Crippen LogP contribution is -2.45. The van der Waals surface area contributed by atoms with E-state index in [1.54, 1.807) is 0 Å². The van der Waals surface area contributed by atoms with Crippen LogP contribution in [0, 0.1) is 22.9 Å². The van der Waals surface area contributed by atoms with Crippen LogP contribution in [0.15, 0.2) is 12.1 Å². The van der Waals surface area contributed by atoms with Gasteiger partial charge in [0.1, 0.15) is 5.82 Å².